The number of hydrogen-bond acceptors (Lipinski definition) is 3. The molecule has 1 aliphatic rings. The lowest BCUT2D eigenvalue weighted by Gasteiger charge is -2.20. The molecule has 1 aliphatic carbocycles. The van der Waals surface area contributed by atoms with Gasteiger partial charge in [0, 0.05) is 6.26 Å². The van der Waals surface area contributed by atoms with Crippen LogP contribution in [0.3, 0.4) is 0 Å². The molecule has 0 heterocycles. The second-order valence-electron chi connectivity index (χ2n) is 6.33. The van der Waals surface area contributed by atoms with Gasteiger partial charge in [-0.1, -0.05) is 24.3 Å². The van der Waals surface area contributed by atoms with Gasteiger partial charge in [-0.2, -0.15) is 0 Å². The average molecular weight is 296 g/mol. The third-order valence-electron chi connectivity index (χ3n) is 4.12. The van der Waals surface area contributed by atoms with Gasteiger partial charge in [-0.3, -0.25) is 4.79 Å². The summed E-state index contributed by atoms with van der Waals surface area (Å²) in [5, 5.41) is 9.12. The Balaban J connectivity index is 2.22. The first-order valence-electron chi connectivity index (χ1n) is 6.61. The lowest BCUT2D eigenvalue weighted by atomic mass is 9.85. The molecule has 0 aromatic heterocycles. The first kappa shape index (κ1) is 15.0. The van der Waals surface area contributed by atoms with E-state index < -0.39 is 26.0 Å². The van der Waals surface area contributed by atoms with Gasteiger partial charge >= 0.3 is 5.97 Å². The van der Waals surface area contributed by atoms with E-state index in [-0.39, 0.29) is 0 Å². The van der Waals surface area contributed by atoms with E-state index in [1.807, 2.05) is 24.3 Å². The fourth-order valence-corrected chi connectivity index (χ4v) is 3.91. The van der Waals surface area contributed by atoms with Crippen molar-refractivity contribution in [3.8, 4) is 0 Å². The predicted octanol–water partition coefficient (Wildman–Crippen LogP) is 2.37. The van der Waals surface area contributed by atoms with E-state index in [4.69, 9.17) is 5.11 Å². The first-order chi connectivity index (χ1) is 9.08. The second kappa shape index (κ2) is 4.58. The number of sulfone groups is 1. The van der Waals surface area contributed by atoms with E-state index in [1.54, 1.807) is 13.8 Å². The molecular weight excluding hydrogens is 276 g/mol. The summed E-state index contributed by atoms with van der Waals surface area (Å²) in [7, 11) is -3.10. The van der Waals surface area contributed by atoms with Gasteiger partial charge in [0.2, 0.25) is 0 Å². The topological polar surface area (TPSA) is 71.4 Å². The predicted molar refractivity (Wildman–Crippen MR) is 77.3 cm³/mol. The molecule has 1 fully saturated rings. The summed E-state index contributed by atoms with van der Waals surface area (Å²) >= 11 is 0. The van der Waals surface area contributed by atoms with Crippen LogP contribution in [0.4, 0.5) is 0 Å². The molecule has 1 N–H and O–H groups in total. The highest BCUT2D eigenvalue weighted by Crippen LogP contribution is 2.52. The summed E-state index contributed by atoms with van der Waals surface area (Å²) in [6.45, 7) is 3.37. The molecule has 0 amide bonds. The van der Waals surface area contributed by atoms with E-state index in [0.717, 1.165) is 11.1 Å². The van der Waals surface area contributed by atoms with Crippen LogP contribution in [0, 0.1) is 5.41 Å². The highest BCUT2D eigenvalue weighted by Gasteiger charge is 2.53. The fraction of sp³-hybridized carbons (Fsp3) is 0.533. The Morgan fingerprint density at radius 1 is 1.25 bits per heavy atom. The Labute approximate surface area is 119 Å². The molecule has 1 saturated carbocycles. The van der Waals surface area contributed by atoms with Crippen molar-refractivity contribution < 1.29 is 18.3 Å². The van der Waals surface area contributed by atoms with Gasteiger partial charge in [-0.15, -0.1) is 0 Å². The van der Waals surface area contributed by atoms with Gasteiger partial charge in [0.05, 0.1) is 10.2 Å². The summed E-state index contributed by atoms with van der Waals surface area (Å²) in [6, 6.07) is 7.32. The van der Waals surface area contributed by atoms with Crippen LogP contribution in [-0.4, -0.2) is 25.7 Å². The van der Waals surface area contributed by atoms with Crippen LogP contribution in [0.15, 0.2) is 24.3 Å². The van der Waals surface area contributed by atoms with Crippen LogP contribution in [0.25, 0.3) is 0 Å². The van der Waals surface area contributed by atoms with E-state index in [1.165, 1.54) is 6.26 Å². The molecule has 20 heavy (non-hydrogen) atoms. The largest absolute Gasteiger partial charge is 0.481 e. The third kappa shape index (κ3) is 2.59. The lowest BCUT2D eigenvalue weighted by molar-refractivity contribution is -0.146. The van der Waals surface area contributed by atoms with Crippen molar-refractivity contribution in [2.75, 3.05) is 6.26 Å². The molecule has 4 nitrogen and oxygen atoms in total. The summed E-state index contributed by atoms with van der Waals surface area (Å²) in [4.78, 5) is 11.1. The highest BCUT2D eigenvalue weighted by atomic mass is 32.2. The zero-order valence-corrected chi connectivity index (χ0v) is 12.8. The van der Waals surface area contributed by atoms with Crippen LogP contribution in [0.5, 0.6) is 0 Å². The van der Waals surface area contributed by atoms with Crippen molar-refractivity contribution in [3.63, 3.8) is 0 Å². The van der Waals surface area contributed by atoms with Crippen molar-refractivity contribution in [3.05, 3.63) is 35.4 Å². The molecular formula is C15H20O4S. The van der Waals surface area contributed by atoms with Gasteiger partial charge in [0.15, 0.2) is 9.84 Å². The number of carboxylic acid groups (broad SMARTS) is 1. The molecule has 5 heteroatoms. The number of carbonyl (C=O) groups is 1. The maximum Gasteiger partial charge on any atom is 0.309 e. The first-order valence-corrected chi connectivity index (χ1v) is 8.50. The average Bonchev–Trinajstić information content (AvgIpc) is 3.09. The van der Waals surface area contributed by atoms with Gasteiger partial charge in [-0.25, -0.2) is 8.42 Å². The minimum Gasteiger partial charge on any atom is -0.481 e. The number of aliphatic carboxylic acids is 1. The standard InChI is InChI=1S/C15H20O4S/c1-14(2,13(16)17)10-11-4-6-12(7-5-11)15(8-9-15)20(3,18)19/h4-7H,8-10H2,1-3H3,(H,16,17). The van der Waals surface area contributed by atoms with Gasteiger partial charge < -0.3 is 5.11 Å². The zero-order chi connectivity index (χ0) is 15.2. The van der Waals surface area contributed by atoms with Crippen LogP contribution in [-0.2, 0) is 25.8 Å². The number of benzene rings is 1. The Morgan fingerprint density at radius 2 is 1.75 bits per heavy atom. The molecule has 0 aliphatic heterocycles. The van der Waals surface area contributed by atoms with Crippen LogP contribution >= 0.6 is 0 Å². The lowest BCUT2D eigenvalue weighted by Crippen LogP contribution is -2.26. The van der Waals surface area contributed by atoms with Crippen molar-refractivity contribution in [1.82, 2.24) is 0 Å². The van der Waals surface area contributed by atoms with E-state index in [2.05, 4.69) is 0 Å². The van der Waals surface area contributed by atoms with Crippen molar-refractivity contribution in [2.24, 2.45) is 5.41 Å². The molecule has 0 unspecified atom stereocenters. The van der Waals surface area contributed by atoms with E-state index in [0.29, 0.717) is 19.3 Å². The Hall–Kier alpha value is -1.36. The number of hydrogen-bond donors (Lipinski definition) is 1. The molecule has 1 aromatic carbocycles. The van der Waals surface area contributed by atoms with Crippen LogP contribution in [0.1, 0.15) is 37.8 Å². The monoisotopic (exact) mass is 296 g/mol. The van der Waals surface area contributed by atoms with Gasteiger partial charge in [0.1, 0.15) is 0 Å². The number of rotatable bonds is 5. The molecule has 110 valence electrons. The molecule has 0 atom stereocenters. The quantitative estimate of drug-likeness (QED) is 0.905. The Bertz CT molecular complexity index is 622. The molecule has 0 spiro atoms. The zero-order valence-electron chi connectivity index (χ0n) is 12.0. The van der Waals surface area contributed by atoms with Crippen molar-refractivity contribution >= 4 is 15.8 Å². The minimum absolute atomic E-state index is 0.425. The van der Waals surface area contributed by atoms with Crippen LogP contribution in [0.2, 0.25) is 0 Å². The summed E-state index contributed by atoms with van der Waals surface area (Å²) in [5.41, 5.74) is 0.901. The maximum atomic E-state index is 11.8. The van der Waals surface area contributed by atoms with E-state index >= 15 is 0 Å². The molecule has 0 radical (unpaired) electrons. The Morgan fingerprint density at radius 3 is 2.10 bits per heavy atom. The van der Waals surface area contributed by atoms with E-state index in [9.17, 15) is 13.2 Å². The maximum absolute atomic E-state index is 11.8. The van der Waals surface area contributed by atoms with Crippen molar-refractivity contribution in [1.29, 1.82) is 0 Å². The number of carboxylic acids is 1. The van der Waals surface area contributed by atoms with Crippen molar-refractivity contribution in [2.45, 2.75) is 37.9 Å². The molecule has 2 rings (SSSR count). The summed E-state index contributed by atoms with van der Waals surface area (Å²) in [6.07, 6.45) is 3.05. The highest BCUT2D eigenvalue weighted by molar-refractivity contribution is 7.92. The van der Waals surface area contributed by atoms with Crippen LogP contribution < -0.4 is 0 Å². The SMILES string of the molecule is CC(C)(Cc1ccc(C2(S(C)(=O)=O)CC2)cc1)C(=O)O. The smallest absolute Gasteiger partial charge is 0.309 e. The fourth-order valence-electron chi connectivity index (χ4n) is 2.50. The summed E-state index contributed by atoms with van der Waals surface area (Å²) in [5.74, 6) is -0.837. The molecule has 1 aromatic rings. The normalized spacial score (nSPS) is 17.8. The minimum atomic E-state index is -3.10. The molecule has 0 saturated heterocycles. The third-order valence-corrected chi connectivity index (χ3v) is 6.18. The Kier molecular flexibility index (Phi) is 3.45. The summed E-state index contributed by atoms with van der Waals surface area (Å²) < 4.78 is 23.0. The van der Waals surface area contributed by atoms with Gasteiger partial charge in [0.25, 0.3) is 0 Å². The van der Waals surface area contributed by atoms with Gasteiger partial charge in [-0.05, 0) is 44.2 Å². The second-order valence-corrected chi connectivity index (χ2v) is 8.65. The molecule has 0 bridgehead atoms.